The average molecular weight is 352 g/mol. The molecule has 0 aromatic heterocycles. The molecule has 0 rings (SSSR count). The van der Waals surface area contributed by atoms with Gasteiger partial charge in [0.1, 0.15) is 0 Å². The first-order valence-corrected chi connectivity index (χ1v) is 8.22. The first-order chi connectivity index (χ1) is 10.0. The molecule has 24 heavy (non-hydrogen) atoms. The number of carbonyl (C=O) groups excluding carboxylic acids is 2. The molecule has 0 saturated carbocycles. The molecule has 0 aromatic rings. The third kappa shape index (κ3) is 43.7. The molecule has 0 saturated heterocycles. The summed E-state index contributed by atoms with van der Waals surface area (Å²) in [6.45, 7) is 4.44. The Morgan fingerprint density at radius 3 is 1.33 bits per heavy atom. The summed E-state index contributed by atoms with van der Waals surface area (Å²) in [5, 5.41) is 18.6. The van der Waals surface area contributed by atoms with Crippen molar-refractivity contribution >= 4 is 11.9 Å². The van der Waals surface area contributed by atoms with Crippen molar-refractivity contribution in [2.45, 2.75) is 90.9 Å². The first kappa shape index (κ1) is 36.5. The van der Waals surface area contributed by atoms with Crippen molar-refractivity contribution in [3.05, 3.63) is 6.42 Å². The summed E-state index contributed by atoms with van der Waals surface area (Å²) in [5.74, 6) is -3.25. The van der Waals surface area contributed by atoms with Crippen LogP contribution in [0.3, 0.4) is 0 Å². The van der Waals surface area contributed by atoms with Crippen molar-refractivity contribution in [2.24, 2.45) is 0 Å². The fraction of sp³-hybridized carbons (Fsp3) is 0.824. The van der Waals surface area contributed by atoms with Crippen LogP contribution in [0.1, 0.15) is 90.9 Å². The number of unbranched alkanes of at least 4 members (excludes halogenated alkanes) is 11. The summed E-state index contributed by atoms with van der Waals surface area (Å²) in [6, 6.07) is 0. The fourth-order valence-corrected chi connectivity index (χ4v) is 1.95. The predicted molar refractivity (Wildman–Crippen MR) is 81.1 cm³/mol. The van der Waals surface area contributed by atoms with E-state index in [4.69, 9.17) is 0 Å². The molecule has 0 aliphatic rings. The van der Waals surface area contributed by atoms with Crippen molar-refractivity contribution in [3.63, 3.8) is 0 Å². The Bertz CT molecular complexity index is 231. The van der Waals surface area contributed by atoms with E-state index < -0.39 is 18.4 Å². The number of rotatable bonds is 13. The van der Waals surface area contributed by atoms with Gasteiger partial charge in [-0.1, -0.05) is 71.1 Å². The topological polar surface area (TPSA) is 80.3 Å². The summed E-state index contributed by atoms with van der Waals surface area (Å²) < 4.78 is 0. The van der Waals surface area contributed by atoms with Gasteiger partial charge >= 0.3 is 78.0 Å². The second-order valence-electron chi connectivity index (χ2n) is 5.30. The zero-order valence-electron chi connectivity index (χ0n) is 16.7. The smallest absolute Gasteiger partial charge is 0.550 e. The van der Waals surface area contributed by atoms with Crippen molar-refractivity contribution < 1.29 is 97.8 Å². The van der Waals surface area contributed by atoms with Crippen molar-refractivity contribution in [1.29, 1.82) is 0 Å². The average Bonchev–Trinajstić information content (AvgIpc) is 2.40. The molecule has 0 atom stereocenters. The van der Waals surface area contributed by atoms with Gasteiger partial charge in [-0.05, 0) is 0 Å². The van der Waals surface area contributed by atoms with Gasteiger partial charge in [-0.3, -0.25) is 0 Å². The second-order valence-corrected chi connectivity index (χ2v) is 5.30. The molecule has 0 spiro atoms. The SMILES string of the molecule is C[CH-]CCCCCCCCCCCC.O=C([O-])CC(=O)[O-].[Li+].[Na+].[Na+]. The zero-order chi connectivity index (χ0) is 16.3. The van der Waals surface area contributed by atoms with Crippen LogP contribution in [0.25, 0.3) is 0 Å². The molecule has 0 fully saturated rings. The monoisotopic (exact) mass is 352 g/mol. The molecule has 0 aromatic carbocycles. The molecule has 0 bridgehead atoms. The Morgan fingerprint density at radius 2 is 1.08 bits per heavy atom. The minimum atomic E-state index is -1.63. The van der Waals surface area contributed by atoms with Gasteiger partial charge in [-0.15, -0.1) is 0 Å². The zero-order valence-corrected chi connectivity index (χ0v) is 20.7. The molecule has 7 heteroatoms. The van der Waals surface area contributed by atoms with Crippen LogP contribution >= 0.6 is 0 Å². The number of hydrogen-bond acceptors (Lipinski definition) is 4. The quantitative estimate of drug-likeness (QED) is 0.143. The van der Waals surface area contributed by atoms with Crippen LogP contribution in [0.2, 0.25) is 0 Å². The predicted octanol–water partition coefficient (Wildman–Crippen LogP) is -6.59. The third-order valence-corrected chi connectivity index (χ3v) is 3.14. The first-order valence-electron chi connectivity index (χ1n) is 8.22. The fourth-order valence-electron chi connectivity index (χ4n) is 1.95. The summed E-state index contributed by atoms with van der Waals surface area (Å²) in [4.78, 5) is 18.6. The molecule has 0 N–H and O–H groups in total. The van der Waals surface area contributed by atoms with E-state index in [0.29, 0.717) is 0 Å². The van der Waals surface area contributed by atoms with E-state index in [1.807, 2.05) is 0 Å². The van der Waals surface area contributed by atoms with Crippen LogP contribution in [-0.2, 0) is 9.59 Å². The maximum atomic E-state index is 9.28. The minimum absolute atomic E-state index is 0. The van der Waals surface area contributed by atoms with E-state index in [1.54, 1.807) is 0 Å². The molecule has 0 heterocycles. The molecule has 4 nitrogen and oxygen atoms in total. The molecule has 0 radical (unpaired) electrons. The van der Waals surface area contributed by atoms with Gasteiger partial charge in [0.15, 0.2) is 0 Å². The van der Waals surface area contributed by atoms with Crippen LogP contribution in [0.15, 0.2) is 0 Å². The summed E-state index contributed by atoms with van der Waals surface area (Å²) in [7, 11) is 0. The largest absolute Gasteiger partial charge is 1.00 e. The van der Waals surface area contributed by atoms with Crippen molar-refractivity contribution in [1.82, 2.24) is 0 Å². The van der Waals surface area contributed by atoms with E-state index in [1.165, 1.54) is 70.6 Å². The van der Waals surface area contributed by atoms with E-state index in [2.05, 4.69) is 20.3 Å². The van der Waals surface area contributed by atoms with Crippen LogP contribution in [0.5, 0.6) is 0 Å². The molecule has 0 unspecified atom stereocenters. The molecule has 0 aliphatic heterocycles. The Morgan fingerprint density at radius 1 is 0.750 bits per heavy atom. The van der Waals surface area contributed by atoms with Crippen LogP contribution in [-0.4, -0.2) is 11.9 Å². The standard InChI is InChI=1S/C14H29.C3H4O4.Li.2Na/c1-3-5-7-9-11-13-14-12-10-8-6-4-2;4-2(5)1-3(6)7;;;/h3H,4-14H2,1-2H3;1H2,(H,4,5)(H,6,7);;;/q-1;;3*+1/p-2. The molecular formula is C17H31LiNa2O4. The molecule has 126 valence electrons. The van der Waals surface area contributed by atoms with Crippen molar-refractivity contribution in [3.8, 4) is 0 Å². The molecule has 0 aliphatic carbocycles. The van der Waals surface area contributed by atoms with Crippen LogP contribution in [0, 0.1) is 6.42 Å². The van der Waals surface area contributed by atoms with Gasteiger partial charge in [-0.2, -0.15) is 13.3 Å². The van der Waals surface area contributed by atoms with Crippen LogP contribution in [0.4, 0.5) is 0 Å². The third-order valence-electron chi connectivity index (χ3n) is 3.14. The number of carboxylic acid groups (broad SMARTS) is 2. The molecule has 0 amide bonds. The Balaban J connectivity index is -0.000000105. The van der Waals surface area contributed by atoms with E-state index >= 15 is 0 Å². The van der Waals surface area contributed by atoms with E-state index in [0.717, 1.165) is 0 Å². The number of carboxylic acids is 2. The Kier molecular flexibility index (Phi) is 49.0. The number of aliphatic carboxylic acids is 2. The maximum absolute atomic E-state index is 9.28. The minimum Gasteiger partial charge on any atom is -0.550 e. The Labute approximate surface area is 205 Å². The number of carbonyl (C=O) groups is 2. The number of hydrogen-bond donors (Lipinski definition) is 0. The van der Waals surface area contributed by atoms with Gasteiger partial charge in [0.2, 0.25) is 0 Å². The summed E-state index contributed by atoms with van der Waals surface area (Å²) in [5.41, 5.74) is 0. The maximum Gasteiger partial charge on any atom is 1.00 e. The van der Waals surface area contributed by atoms with E-state index in [9.17, 15) is 19.8 Å². The van der Waals surface area contributed by atoms with Gasteiger partial charge in [-0.25, -0.2) is 0 Å². The van der Waals surface area contributed by atoms with Crippen LogP contribution < -0.4 is 88.2 Å². The van der Waals surface area contributed by atoms with Crippen molar-refractivity contribution in [2.75, 3.05) is 0 Å². The second kappa shape index (κ2) is 32.2. The van der Waals surface area contributed by atoms with Gasteiger partial charge in [0.25, 0.3) is 0 Å². The normalized spacial score (nSPS) is 8.58. The summed E-state index contributed by atoms with van der Waals surface area (Å²) >= 11 is 0. The molecular weight excluding hydrogens is 321 g/mol. The Hall–Kier alpha value is 1.54. The van der Waals surface area contributed by atoms with Gasteiger partial charge < -0.3 is 26.2 Å². The van der Waals surface area contributed by atoms with Gasteiger partial charge in [0.05, 0.1) is 0 Å². The van der Waals surface area contributed by atoms with Gasteiger partial charge in [0, 0.05) is 18.4 Å². The summed E-state index contributed by atoms with van der Waals surface area (Å²) in [6.07, 6.45) is 17.0. The van der Waals surface area contributed by atoms with E-state index in [-0.39, 0.29) is 78.0 Å².